The number of rotatable bonds is 1. The Kier molecular flexibility index (Phi) is 2.54. The molecule has 3 heteroatoms. The van der Waals surface area contributed by atoms with Crippen LogP contribution in [0.3, 0.4) is 0 Å². The van der Waals surface area contributed by atoms with Crippen LogP contribution >= 0.6 is 11.6 Å². The standard InChI is InChI=1S/C10H12ClNO/c1-7-8(3-2-4-9(7)11)10-5-6-13-12-10/h2-4,10,12H,5-6H2,1H3/t10-/m0/s1. The number of nitrogens with one attached hydrogen (secondary N) is 1. The molecule has 1 heterocycles. The second kappa shape index (κ2) is 3.66. The molecule has 1 aliphatic heterocycles. The van der Waals surface area contributed by atoms with Crippen molar-refractivity contribution in [2.75, 3.05) is 6.61 Å². The van der Waals surface area contributed by atoms with Gasteiger partial charge in [-0.2, -0.15) is 5.48 Å². The zero-order valence-electron chi connectivity index (χ0n) is 7.51. The van der Waals surface area contributed by atoms with Gasteiger partial charge in [-0.25, -0.2) is 0 Å². The minimum absolute atomic E-state index is 0.304. The van der Waals surface area contributed by atoms with Crippen LogP contribution < -0.4 is 5.48 Å². The van der Waals surface area contributed by atoms with Crippen molar-refractivity contribution in [1.29, 1.82) is 0 Å². The Balaban J connectivity index is 2.33. The Morgan fingerprint density at radius 3 is 3.08 bits per heavy atom. The monoisotopic (exact) mass is 197 g/mol. The van der Waals surface area contributed by atoms with Gasteiger partial charge in [0.05, 0.1) is 12.6 Å². The zero-order chi connectivity index (χ0) is 9.26. The molecule has 70 valence electrons. The average molecular weight is 198 g/mol. The normalized spacial score (nSPS) is 22.2. The van der Waals surface area contributed by atoms with Crippen molar-refractivity contribution in [3.8, 4) is 0 Å². The first-order valence-electron chi connectivity index (χ1n) is 4.41. The molecule has 0 aliphatic carbocycles. The fraction of sp³-hybridized carbons (Fsp3) is 0.400. The molecule has 2 nitrogen and oxygen atoms in total. The molecule has 1 aliphatic rings. The van der Waals surface area contributed by atoms with Gasteiger partial charge < -0.3 is 4.84 Å². The van der Waals surface area contributed by atoms with Crippen LogP contribution in [0.2, 0.25) is 5.02 Å². The van der Waals surface area contributed by atoms with Gasteiger partial charge in [0.15, 0.2) is 0 Å². The lowest BCUT2D eigenvalue weighted by Crippen LogP contribution is -2.12. The van der Waals surface area contributed by atoms with Gasteiger partial charge in [-0.15, -0.1) is 0 Å². The van der Waals surface area contributed by atoms with Gasteiger partial charge in [0.2, 0.25) is 0 Å². The van der Waals surface area contributed by atoms with E-state index in [1.165, 1.54) is 5.56 Å². The number of halogens is 1. The minimum Gasteiger partial charge on any atom is -0.301 e. The summed E-state index contributed by atoms with van der Waals surface area (Å²) in [7, 11) is 0. The van der Waals surface area contributed by atoms with E-state index >= 15 is 0 Å². The predicted molar refractivity (Wildman–Crippen MR) is 52.6 cm³/mol. The van der Waals surface area contributed by atoms with Crippen molar-refractivity contribution in [3.63, 3.8) is 0 Å². The summed E-state index contributed by atoms with van der Waals surface area (Å²) in [5.41, 5.74) is 5.37. The van der Waals surface area contributed by atoms with E-state index < -0.39 is 0 Å². The summed E-state index contributed by atoms with van der Waals surface area (Å²) in [6, 6.07) is 6.28. The molecule has 1 fully saturated rings. The number of hydroxylamine groups is 1. The summed E-state index contributed by atoms with van der Waals surface area (Å²) in [4.78, 5) is 5.11. The van der Waals surface area contributed by atoms with Crippen LogP contribution in [-0.2, 0) is 4.84 Å². The van der Waals surface area contributed by atoms with Crippen LogP contribution in [0, 0.1) is 6.92 Å². The molecule has 2 rings (SSSR count). The van der Waals surface area contributed by atoms with Crippen LogP contribution in [0.25, 0.3) is 0 Å². The van der Waals surface area contributed by atoms with Crippen LogP contribution in [0.15, 0.2) is 18.2 Å². The molecule has 0 spiro atoms. The quantitative estimate of drug-likeness (QED) is 0.748. The number of hydrogen-bond acceptors (Lipinski definition) is 2. The topological polar surface area (TPSA) is 21.3 Å². The number of hydrogen-bond donors (Lipinski definition) is 1. The maximum atomic E-state index is 6.02. The lowest BCUT2D eigenvalue weighted by atomic mass is 10.0. The molecule has 0 amide bonds. The second-order valence-electron chi connectivity index (χ2n) is 3.26. The minimum atomic E-state index is 0.304. The smallest absolute Gasteiger partial charge is 0.0701 e. The molecule has 0 unspecified atom stereocenters. The molecule has 13 heavy (non-hydrogen) atoms. The predicted octanol–water partition coefficient (Wildman–Crippen LogP) is 2.61. The molecule has 0 saturated carbocycles. The largest absolute Gasteiger partial charge is 0.301 e. The van der Waals surface area contributed by atoms with Crippen LogP contribution in [0.5, 0.6) is 0 Å². The highest BCUT2D eigenvalue weighted by molar-refractivity contribution is 6.31. The summed E-state index contributed by atoms with van der Waals surface area (Å²) < 4.78 is 0. The molecule has 1 aromatic carbocycles. The Morgan fingerprint density at radius 1 is 1.54 bits per heavy atom. The van der Waals surface area contributed by atoms with Crippen molar-refractivity contribution >= 4 is 11.6 Å². The van der Waals surface area contributed by atoms with Crippen LogP contribution in [0.4, 0.5) is 0 Å². The maximum absolute atomic E-state index is 6.02. The first kappa shape index (κ1) is 9.00. The van der Waals surface area contributed by atoms with E-state index in [1.54, 1.807) is 0 Å². The summed E-state index contributed by atoms with van der Waals surface area (Å²) >= 11 is 6.02. The lowest BCUT2D eigenvalue weighted by molar-refractivity contribution is 0.0882. The Morgan fingerprint density at radius 2 is 2.38 bits per heavy atom. The second-order valence-corrected chi connectivity index (χ2v) is 3.67. The summed E-state index contributed by atoms with van der Waals surface area (Å²) in [5.74, 6) is 0. The third-order valence-electron chi connectivity index (χ3n) is 2.42. The molecular weight excluding hydrogens is 186 g/mol. The molecular formula is C10H12ClNO. The lowest BCUT2D eigenvalue weighted by Gasteiger charge is -2.12. The van der Waals surface area contributed by atoms with Gasteiger partial charge >= 0.3 is 0 Å². The molecule has 1 N–H and O–H groups in total. The van der Waals surface area contributed by atoms with Crippen molar-refractivity contribution < 1.29 is 4.84 Å². The molecule has 0 radical (unpaired) electrons. The summed E-state index contributed by atoms with van der Waals surface area (Å²) in [5, 5.41) is 0.825. The molecule has 1 aromatic rings. The van der Waals surface area contributed by atoms with Crippen molar-refractivity contribution in [1.82, 2.24) is 5.48 Å². The summed E-state index contributed by atoms with van der Waals surface area (Å²) in [6.07, 6.45) is 1.02. The Labute approximate surface area is 82.8 Å². The van der Waals surface area contributed by atoms with Gasteiger partial charge in [-0.3, -0.25) is 0 Å². The molecule has 1 saturated heterocycles. The van der Waals surface area contributed by atoms with Crippen molar-refractivity contribution in [2.24, 2.45) is 0 Å². The third kappa shape index (κ3) is 1.70. The number of benzene rings is 1. The van der Waals surface area contributed by atoms with E-state index in [0.29, 0.717) is 6.04 Å². The zero-order valence-corrected chi connectivity index (χ0v) is 8.27. The molecule has 0 bridgehead atoms. The average Bonchev–Trinajstić information content (AvgIpc) is 2.62. The van der Waals surface area contributed by atoms with E-state index in [1.807, 2.05) is 19.1 Å². The van der Waals surface area contributed by atoms with E-state index in [9.17, 15) is 0 Å². The van der Waals surface area contributed by atoms with Gasteiger partial charge in [0.1, 0.15) is 0 Å². The van der Waals surface area contributed by atoms with Crippen molar-refractivity contribution in [2.45, 2.75) is 19.4 Å². The SMILES string of the molecule is Cc1c(Cl)cccc1[C@@H]1CCON1. The van der Waals surface area contributed by atoms with Gasteiger partial charge in [-0.05, 0) is 30.5 Å². The Hall–Kier alpha value is -0.570. The first-order valence-corrected chi connectivity index (χ1v) is 4.79. The third-order valence-corrected chi connectivity index (χ3v) is 2.83. The van der Waals surface area contributed by atoms with Gasteiger partial charge in [0.25, 0.3) is 0 Å². The fourth-order valence-corrected chi connectivity index (χ4v) is 1.80. The fourth-order valence-electron chi connectivity index (χ4n) is 1.62. The van der Waals surface area contributed by atoms with E-state index in [0.717, 1.165) is 23.6 Å². The maximum Gasteiger partial charge on any atom is 0.0701 e. The van der Waals surface area contributed by atoms with Crippen molar-refractivity contribution in [3.05, 3.63) is 34.3 Å². The Bertz CT molecular complexity index is 308. The van der Waals surface area contributed by atoms with E-state index in [2.05, 4.69) is 11.5 Å². The highest BCUT2D eigenvalue weighted by Gasteiger charge is 2.19. The molecule has 1 atom stereocenters. The van der Waals surface area contributed by atoms with Gasteiger partial charge in [0, 0.05) is 5.02 Å². The highest BCUT2D eigenvalue weighted by Crippen LogP contribution is 2.27. The summed E-state index contributed by atoms with van der Waals surface area (Å²) in [6.45, 7) is 2.81. The van der Waals surface area contributed by atoms with Gasteiger partial charge in [-0.1, -0.05) is 23.7 Å². The van der Waals surface area contributed by atoms with E-state index in [-0.39, 0.29) is 0 Å². The first-order chi connectivity index (χ1) is 6.29. The van der Waals surface area contributed by atoms with Crippen LogP contribution in [-0.4, -0.2) is 6.61 Å². The van der Waals surface area contributed by atoms with E-state index in [4.69, 9.17) is 16.4 Å². The van der Waals surface area contributed by atoms with Crippen LogP contribution in [0.1, 0.15) is 23.6 Å². The molecule has 0 aromatic heterocycles. The highest BCUT2D eigenvalue weighted by atomic mass is 35.5.